The lowest BCUT2D eigenvalue weighted by atomic mass is 9.66. The predicted molar refractivity (Wildman–Crippen MR) is 178 cm³/mol. The fourth-order valence-electron chi connectivity index (χ4n) is 9.36. The zero-order valence-electron chi connectivity index (χ0n) is 27.6. The fourth-order valence-corrected chi connectivity index (χ4v) is 10.5. The Kier molecular flexibility index (Phi) is 7.30. The summed E-state index contributed by atoms with van der Waals surface area (Å²) >= 11 is 1.57. The Morgan fingerprint density at radius 3 is 2.55 bits per heavy atom. The summed E-state index contributed by atoms with van der Waals surface area (Å²) in [5, 5.41) is 10.6. The number of thiophene rings is 1. The summed E-state index contributed by atoms with van der Waals surface area (Å²) < 4.78 is 26.7. The minimum atomic E-state index is -0.833. The molecular weight excluding hydrogens is 619 g/mol. The van der Waals surface area contributed by atoms with Crippen LogP contribution in [-0.2, 0) is 16.6 Å². The maximum atomic E-state index is 14.5. The van der Waals surface area contributed by atoms with Crippen molar-refractivity contribution in [1.82, 2.24) is 19.8 Å². The van der Waals surface area contributed by atoms with Gasteiger partial charge in [-0.2, -0.15) is 15.2 Å². The smallest absolute Gasteiger partial charge is 0.410 e. The van der Waals surface area contributed by atoms with Crippen LogP contribution in [0.1, 0.15) is 81.7 Å². The van der Waals surface area contributed by atoms with E-state index in [1.165, 1.54) is 4.88 Å². The second kappa shape index (κ2) is 11.1. The highest BCUT2D eigenvalue weighted by Crippen LogP contribution is 2.51. The Bertz CT molecular complexity index is 1600. The molecular formula is C34H45FN8O3S. The molecule has 0 radical (unpaired) electrons. The summed E-state index contributed by atoms with van der Waals surface area (Å²) in [7, 11) is 0. The first-order chi connectivity index (χ1) is 22.5. The van der Waals surface area contributed by atoms with Gasteiger partial charge in [0.2, 0.25) is 0 Å². The maximum absolute atomic E-state index is 14.5. The lowest BCUT2D eigenvalue weighted by Crippen LogP contribution is -2.61. The summed E-state index contributed by atoms with van der Waals surface area (Å²) in [5.74, 6) is 1.58. The molecule has 1 spiro atoms. The first-order valence-electron chi connectivity index (χ1n) is 17.2. The van der Waals surface area contributed by atoms with Crippen LogP contribution in [0, 0.1) is 11.3 Å². The van der Waals surface area contributed by atoms with Crippen molar-refractivity contribution >= 4 is 34.1 Å². The quantitative estimate of drug-likeness (QED) is 0.484. The van der Waals surface area contributed by atoms with Crippen LogP contribution in [0.5, 0.6) is 6.01 Å². The number of nitrogens with zero attached hydrogens (tertiary/aromatic N) is 7. The Morgan fingerprint density at radius 2 is 1.85 bits per heavy atom. The van der Waals surface area contributed by atoms with Crippen molar-refractivity contribution < 1.29 is 18.7 Å². The number of anilines is 3. The van der Waals surface area contributed by atoms with Crippen LogP contribution in [0.2, 0.25) is 0 Å². The first-order valence-corrected chi connectivity index (χ1v) is 18.0. The van der Waals surface area contributed by atoms with Gasteiger partial charge in [-0.05, 0) is 77.8 Å². The Labute approximate surface area is 279 Å². The van der Waals surface area contributed by atoms with Crippen LogP contribution in [0.4, 0.5) is 25.8 Å². The van der Waals surface area contributed by atoms with Gasteiger partial charge < -0.3 is 25.0 Å². The maximum Gasteiger partial charge on any atom is 0.410 e. The van der Waals surface area contributed by atoms with E-state index in [9.17, 15) is 14.4 Å². The molecule has 8 rings (SSSR count). The zero-order chi connectivity index (χ0) is 32.7. The van der Waals surface area contributed by atoms with E-state index in [-0.39, 0.29) is 29.1 Å². The second-order valence-electron chi connectivity index (χ2n) is 15.6. The van der Waals surface area contributed by atoms with Gasteiger partial charge in [-0.15, -0.1) is 11.3 Å². The number of ether oxygens (including phenoxy) is 2. The van der Waals surface area contributed by atoms with E-state index in [0.717, 1.165) is 81.8 Å². The second-order valence-corrected chi connectivity index (χ2v) is 16.8. The van der Waals surface area contributed by atoms with Gasteiger partial charge in [-0.1, -0.05) is 0 Å². The van der Waals surface area contributed by atoms with Crippen LogP contribution in [0.15, 0.2) is 6.07 Å². The molecule has 0 aromatic carbocycles. The topological polar surface area (TPSA) is 124 Å². The van der Waals surface area contributed by atoms with E-state index in [0.29, 0.717) is 49.2 Å². The summed E-state index contributed by atoms with van der Waals surface area (Å²) in [4.78, 5) is 33.0. The van der Waals surface area contributed by atoms with Crippen LogP contribution >= 0.6 is 11.3 Å². The number of nitrogens with two attached hydrogens (primary N) is 1. The molecule has 2 aromatic rings. The lowest BCUT2D eigenvalue weighted by Gasteiger charge is -2.53. The molecule has 47 heavy (non-hydrogen) atoms. The van der Waals surface area contributed by atoms with Gasteiger partial charge >= 0.3 is 12.1 Å². The molecule has 5 fully saturated rings. The minimum Gasteiger partial charge on any atom is -0.461 e. The standard InChI is InChI=1S/C34H45FN8O3S/c1-32(2,3)46-31(44)43-22-7-8-23(43)17-40(16-22)26-12-27(39-30(38-26)45-20-34-10-5-11-42(34)15-21(35)13-34)41-18-33(19-41)9-4-6-25-28(33)24(14-36)29(37)47-25/h12,21-23H,4-11,13,15-20,37H2,1-3H3/t21-,22?,23?,34+/m1/s1. The normalized spacial score (nSPS) is 29.4. The SMILES string of the molecule is CC(C)(C)OC(=O)N1C2CCC1CN(c1cc(N3CC4(CCCc5sc(N)c(C#N)c54)C3)nc(OC[C@@]34CCCN3C[C@H](F)C4)n1)C2. The van der Waals surface area contributed by atoms with Crippen LogP contribution < -0.4 is 20.3 Å². The highest BCUT2D eigenvalue weighted by atomic mass is 32.1. The molecule has 2 unspecified atom stereocenters. The van der Waals surface area contributed by atoms with Gasteiger partial charge in [0.15, 0.2) is 0 Å². The number of rotatable bonds is 5. The average molecular weight is 665 g/mol. The number of hydrogen-bond acceptors (Lipinski definition) is 11. The molecule has 1 amide bonds. The first kappa shape index (κ1) is 30.9. The summed E-state index contributed by atoms with van der Waals surface area (Å²) in [6.07, 6.45) is 6.27. The summed E-state index contributed by atoms with van der Waals surface area (Å²) in [5.41, 5.74) is 7.13. The Morgan fingerprint density at radius 1 is 1.13 bits per heavy atom. The molecule has 5 aliphatic heterocycles. The van der Waals surface area contributed by atoms with Gasteiger partial charge in [0.05, 0.1) is 23.2 Å². The third-order valence-electron chi connectivity index (χ3n) is 11.3. The monoisotopic (exact) mass is 664 g/mol. The van der Waals surface area contributed by atoms with Crippen molar-refractivity contribution in [2.45, 2.75) is 107 Å². The third kappa shape index (κ3) is 5.26. The fraction of sp³-hybridized carbons (Fsp3) is 0.706. The lowest BCUT2D eigenvalue weighted by molar-refractivity contribution is 0.0122. The van der Waals surface area contributed by atoms with Crippen molar-refractivity contribution in [3.05, 3.63) is 22.1 Å². The van der Waals surface area contributed by atoms with Crippen LogP contribution in [0.25, 0.3) is 0 Å². The highest BCUT2D eigenvalue weighted by Gasteiger charge is 2.52. The number of amides is 1. The number of aryl methyl sites for hydroxylation is 1. The van der Waals surface area contributed by atoms with Crippen molar-refractivity contribution in [2.24, 2.45) is 0 Å². The van der Waals surface area contributed by atoms with Gasteiger partial charge in [0.1, 0.15) is 41.1 Å². The largest absolute Gasteiger partial charge is 0.461 e. The molecule has 2 bridgehead atoms. The zero-order valence-corrected chi connectivity index (χ0v) is 28.5. The van der Waals surface area contributed by atoms with Crippen LogP contribution in [-0.4, -0.2) is 101 Å². The number of aromatic nitrogens is 2. The molecule has 7 heterocycles. The number of nitriles is 1. The van der Waals surface area contributed by atoms with E-state index < -0.39 is 11.8 Å². The van der Waals surface area contributed by atoms with Crippen molar-refractivity contribution in [3.63, 3.8) is 0 Å². The molecule has 11 nitrogen and oxygen atoms in total. The van der Waals surface area contributed by atoms with Crippen molar-refractivity contribution in [1.29, 1.82) is 5.26 Å². The van der Waals surface area contributed by atoms with E-state index in [1.807, 2.05) is 31.7 Å². The molecule has 2 aromatic heterocycles. The molecule has 5 saturated heterocycles. The summed E-state index contributed by atoms with van der Waals surface area (Å²) in [6, 6.07) is 4.83. The van der Waals surface area contributed by atoms with Gasteiger partial charge in [0.25, 0.3) is 0 Å². The van der Waals surface area contributed by atoms with E-state index in [2.05, 4.69) is 20.8 Å². The van der Waals surface area contributed by atoms with Gasteiger partial charge in [-0.3, -0.25) is 9.80 Å². The van der Waals surface area contributed by atoms with Crippen LogP contribution in [0.3, 0.4) is 0 Å². The predicted octanol–water partition coefficient (Wildman–Crippen LogP) is 4.63. The number of carbonyl (C=O) groups is 1. The number of fused-ring (bicyclic) bond motifs is 5. The number of halogens is 1. The number of piperazine rings is 1. The molecule has 1 aliphatic carbocycles. The highest BCUT2D eigenvalue weighted by molar-refractivity contribution is 7.16. The number of hydrogen-bond donors (Lipinski definition) is 1. The van der Waals surface area contributed by atoms with E-state index >= 15 is 0 Å². The van der Waals surface area contributed by atoms with Gasteiger partial charge in [-0.25, -0.2) is 9.18 Å². The third-order valence-corrected chi connectivity index (χ3v) is 12.4. The summed E-state index contributed by atoms with van der Waals surface area (Å²) in [6.45, 7) is 10.2. The van der Waals surface area contributed by atoms with E-state index in [4.69, 9.17) is 25.2 Å². The average Bonchev–Trinajstić information content (AvgIpc) is 3.70. The molecule has 6 aliphatic rings. The van der Waals surface area contributed by atoms with Crippen molar-refractivity contribution in [3.8, 4) is 12.1 Å². The number of carbonyl (C=O) groups excluding carboxylic acids is 1. The molecule has 0 saturated carbocycles. The molecule has 13 heteroatoms. The molecule has 252 valence electrons. The Balaban J connectivity index is 1.07. The molecule has 4 atom stereocenters. The van der Waals surface area contributed by atoms with Gasteiger partial charge in [0, 0.05) is 55.5 Å². The number of nitrogen functional groups attached to an aromatic ring is 1. The van der Waals surface area contributed by atoms with E-state index in [1.54, 1.807) is 11.3 Å². The Hall–Kier alpha value is -3.37. The molecule has 2 N–H and O–H groups in total. The van der Waals surface area contributed by atoms with Crippen molar-refractivity contribution in [2.75, 3.05) is 61.4 Å². The number of alkyl halides is 1. The minimum absolute atomic E-state index is 0.0405.